The molecule has 0 saturated carbocycles. The lowest BCUT2D eigenvalue weighted by molar-refractivity contribution is -0.116. The van der Waals surface area contributed by atoms with Gasteiger partial charge >= 0.3 is 0 Å². The summed E-state index contributed by atoms with van der Waals surface area (Å²) in [4.78, 5) is 25.9. The van der Waals surface area contributed by atoms with Crippen molar-refractivity contribution in [2.24, 2.45) is 0 Å². The lowest BCUT2D eigenvalue weighted by Gasteiger charge is -2.23. The number of carbonyl (C=O) groups excluding carboxylic acids is 2. The Balaban J connectivity index is 1.64. The zero-order valence-electron chi connectivity index (χ0n) is 17.0. The maximum absolute atomic E-state index is 13.4. The van der Waals surface area contributed by atoms with Crippen LogP contribution < -0.4 is 5.32 Å². The first-order valence-corrected chi connectivity index (χ1v) is 9.93. The smallest absolute Gasteiger partial charge is 0.226 e. The molecule has 1 aliphatic rings. The van der Waals surface area contributed by atoms with E-state index in [4.69, 9.17) is 4.42 Å². The van der Waals surface area contributed by atoms with Crippen molar-refractivity contribution < 1.29 is 14.0 Å². The number of nitrogens with one attached hydrogen (secondary N) is 1. The molecule has 0 fully saturated rings. The Morgan fingerprint density at radius 1 is 1.13 bits per heavy atom. The summed E-state index contributed by atoms with van der Waals surface area (Å²) in [5.41, 5.74) is 5.22. The zero-order valence-corrected chi connectivity index (χ0v) is 17.0. The molecule has 0 bridgehead atoms. The number of Topliss-reactive ketones (excluding diaryl/α,β-unsaturated/α-hetero) is 1. The summed E-state index contributed by atoms with van der Waals surface area (Å²) >= 11 is 0. The fraction of sp³-hybridized carbons (Fsp3) is 0.208. The summed E-state index contributed by atoms with van der Waals surface area (Å²) in [6.07, 6.45) is 0.0716. The van der Waals surface area contributed by atoms with Gasteiger partial charge in [0.2, 0.25) is 11.7 Å². The fourth-order valence-corrected chi connectivity index (χ4v) is 4.19. The van der Waals surface area contributed by atoms with E-state index < -0.39 is 5.92 Å². The number of ketones is 1. The molecule has 1 amide bonds. The highest BCUT2D eigenvalue weighted by Gasteiger charge is 2.37. The number of fused-ring (bicyclic) bond motifs is 2. The van der Waals surface area contributed by atoms with Gasteiger partial charge in [0.15, 0.2) is 5.76 Å². The SMILES string of the molecule is Cc1cccc(-n2nc(C)c3c2NC(=O)C[C@@H]3C(=O)c2cc3ccccc3o2)c1C. The Kier molecular flexibility index (Phi) is 4.10. The van der Waals surface area contributed by atoms with Crippen molar-refractivity contribution in [2.75, 3.05) is 5.32 Å². The highest BCUT2D eigenvalue weighted by molar-refractivity contribution is 6.08. The van der Waals surface area contributed by atoms with Crippen molar-refractivity contribution in [1.82, 2.24) is 9.78 Å². The molecule has 0 radical (unpaired) electrons. The van der Waals surface area contributed by atoms with Crippen LogP contribution in [0.3, 0.4) is 0 Å². The lowest BCUT2D eigenvalue weighted by atomic mass is 9.87. The molecule has 4 aromatic rings. The summed E-state index contributed by atoms with van der Waals surface area (Å²) in [7, 11) is 0. The monoisotopic (exact) mass is 399 g/mol. The molecule has 0 unspecified atom stereocenters. The molecule has 0 aliphatic carbocycles. The van der Waals surface area contributed by atoms with Crippen LogP contribution in [0.15, 0.2) is 52.9 Å². The minimum absolute atomic E-state index is 0.0716. The number of benzene rings is 2. The van der Waals surface area contributed by atoms with E-state index in [1.807, 2.05) is 63.2 Å². The van der Waals surface area contributed by atoms with Crippen molar-refractivity contribution in [3.05, 3.63) is 76.7 Å². The third-order valence-corrected chi connectivity index (χ3v) is 5.89. The molecule has 3 heterocycles. The van der Waals surface area contributed by atoms with Gasteiger partial charge in [-0.15, -0.1) is 0 Å². The number of anilines is 1. The number of aryl methyl sites for hydroxylation is 2. The number of hydrogen-bond donors (Lipinski definition) is 1. The first-order chi connectivity index (χ1) is 14.4. The number of amides is 1. The molecule has 0 saturated heterocycles. The summed E-state index contributed by atoms with van der Waals surface area (Å²) in [5, 5.41) is 8.49. The Morgan fingerprint density at radius 2 is 1.93 bits per heavy atom. The predicted molar refractivity (Wildman–Crippen MR) is 114 cm³/mol. The topological polar surface area (TPSA) is 77.1 Å². The number of hydrogen-bond acceptors (Lipinski definition) is 4. The average Bonchev–Trinajstić information content (AvgIpc) is 3.30. The molecular formula is C24H21N3O3. The van der Waals surface area contributed by atoms with Crippen molar-refractivity contribution >= 4 is 28.5 Å². The van der Waals surface area contributed by atoms with E-state index >= 15 is 0 Å². The van der Waals surface area contributed by atoms with E-state index in [0.29, 0.717) is 11.4 Å². The largest absolute Gasteiger partial charge is 0.453 e. The minimum atomic E-state index is -0.631. The molecule has 1 aliphatic heterocycles. The molecule has 2 aromatic carbocycles. The van der Waals surface area contributed by atoms with E-state index in [1.165, 1.54) is 0 Å². The van der Waals surface area contributed by atoms with Gasteiger partial charge in [0.25, 0.3) is 0 Å². The maximum Gasteiger partial charge on any atom is 0.226 e. The molecule has 6 heteroatoms. The Labute approximate surface area is 173 Å². The number of rotatable bonds is 3. The molecule has 150 valence electrons. The second-order valence-electron chi connectivity index (χ2n) is 7.80. The number of aromatic nitrogens is 2. The predicted octanol–water partition coefficient (Wildman–Crippen LogP) is 4.85. The summed E-state index contributed by atoms with van der Waals surface area (Å²) < 4.78 is 7.53. The van der Waals surface area contributed by atoms with Crippen molar-refractivity contribution in [2.45, 2.75) is 33.1 Å². The van der Waals surface area contributed by atoms with Gasteiger partial charge in [0.1, 0.15) is 11.4 Å². The van der Waals surface area contributed by atoms with Crippen LogP contribution in [-0.4, -0.2) is 21.5 Å². The van der Waals surface area contributed by atoms with Crippen LogP contribution >= 0.6 is 0 Å². The molecular weight excluding hydrogens is 378 g/mol. The molecule has 6 nitrogen and oxygen atoms in total. The van der Waals surface area contributed by atoms with E-state index in [-0.39, 0.29) is 23.9 Å². The Hall–Kier alpha value is -3.67. The van der Waals surface area contributed by atoms with Crippen LogP contribution in [0.25, 0.3) is 16.7 Å². The fourth-order valence-electron chi connectivity index (χ4n) is 4.19. The van der Waals surface area contributed by atoms with Gasteiger partial charge in [-0.05, 0) is 50.1 Å². The molecule has 1 atom stereocenters. The molecule has 5 rings (SSSR count). The molecule has 1 N–H and O–H groups in total. The van der Waals surface area contributed by atoms with Crippen LogP contribution in [-0.2, 0) is 4.79 Å². The summed E-state index contributed by atoms with van der Waals surface area (Å²) in [5.74, 6) is -0.213. The lowest BCUT2D eigenvalue weighted by Crippen LogP contribution is -2.28. The summed E-state index contributed by atoms with van der Waals surface area (Å²) in [6, 6.07) is 15.2. The first kappa shape index (κ1) is 18.4. The highest BCUT2D eigenvalue weighted by atomic mass is 16.3. The summed E-state index contributed by atoms with van der Waals surface area (Å²) in [6.45, 7) is 5.93. The van der Waals surface area contributed by atoms with Crippen LogP contribution in [0, 0.1) is 20.8 Å². The van der Waals surface area contributed by atoms with Crippen molar-refractivity contribution in [3.63, 3.8) is 0 Å². The molecule has 0 spiro atoms. The van der Waals surface area contributed by atoms with E-state index in [9.17, 15) is 9.59 Å². The van der Waals surface area contributed by atoms with Gasteiger partial charge in [-0.3, -0.25) is 9.59 Å². The Bertz CT molecular complexity index is 1300. The van der Waals surface area contributed by atoms with Gasteiger partial charge in [0.05, 0.1) is 17.3 Å². The quantitative estimate of drug-likeness (QED) is 0.500. The third-order valence-electron chi connectivity index (χ3n) is 5.89. The number of nitrogens with zero attached hydrogens (tertiary/aromatic N) is 2. The van der Waals surface area contributed by atoms with Crippen LogP contribution in [0.4, 0.5) is 5.82 Å². The van der Waals surface area contributed by atoms with Crippen molar-refractivity contribution in [1.29, 1.82) is 0 Å². The number of furan rings is 1. The van der Waals surface area contributed by atoms with Crippen LogP contribution in [0.5, 0.6) is 0 Å². The van der Waals surface area contributed by atoms with E-state index in [1.54, 1.807) is 10.7 Å². The van der Waals surface area contributed by atoms with Crippen molar-refractivity contribution in [3.8, 4) is 5.69 Å². The maximum atomic E-state index is 13.4. The van der Waals surface area contributed by atoms with Gasteiger partial charge in [-0.1, -0.05) is 30.3 Å². The van der Waals surface area contributed by atoms with E-state index in [0.717, 1.165) is 33.5 Å². The second-order valence-corrected chi connectivity index (χ2v) is 7.80. The third kappa shape index (κ3) is 2.76. The number of para-hydroxylation sites is 1. The standard InChI is InChI=1S/C24H21N3O3/c1-13-7-6-9-18(14(13)2)27-24-22(15(3)26-27)17(12-21(28)25-24)23(29)20-11-16-8-4-5-10-19(16)30-20/h4-11,17H,12H2,1-3H3,(H,25,28)/t17-/m0/s1. The first-order valence-electron chi connectivity index (χ1n) is 9.93. The van der Waals surface area contributed by atoms with E-state index in [2.05, 4.69) is 10.4 Å². The molecule has 30 heavy (non-hydrogen) atoms. The second kappa shape index (κ2) is 6.69. The zero-order chi connectivity index (χ0) is 21.0. The van der Waals surface area contributed by atoms with Gasteiger partial charge < -0.3 is 9.73 Å². The Morgan fingerprint density at radius 3 is 2.73 bits per heavy atom. The van der Waals surface area contributed by atoms with Gasteiger partial charge in [-0.2, -0.15) is 5.10 Å². The van der Waals surface area contributed by atoms with Crippen LogP contribution in [0.1, 0.15) is 45.3 Å². The van der Waals surface area contributed by atoms with Gasteiger partial charge in [-0.25, -0.2) is 4.68 Å². The minimum Gasteiger partial charge on any atom is -0.453 e. The average molecular weight is 399 g/mol. The molecule has 2 aromatic heterocycles. The number of carbonyl (C=O) groups is 2. The van der Waals surface area contributed by atoms with Crippen LogP contribution in [0.2, 0.25) is 0 Å². The van der Waals surface area contributed by atoms with Gasteiger partial charge in [0, 0.05) is 17.4 Å². The highest BCUT2D eigenvalue weighted by Crippen LogP contribution is 2.39. The normalized spacial score (nSPS) is 15.8.